The molecule has 0 saturated carbocycles. The van der Waals surface area contributed by atoms with Crippen molar-refractivity contribution in [2.45, 2.75) is 65.5 Å². The molecule has 2 fully saturated rings. The summed E-state index contributed by atoms with van der Waals surface area (Å²) in [6, 6.07) is 0.213. The van der Waals surface area contributed by atoms with Gasteiger partial charge in [0.1, 0.15) is 11.4 Å². The van der Waals surface area contributed by atoms with Gasteiger partial charge in [-0.2, -0.15) is 0 Å². The van der Waals surface area contributed by atoms with Crippen LogP contribution in [-0.4, -0.2) is 56.8 Å². The monoisotopic (exact) mass is 430 g/mol. The Morgan fingerprint density at radius 3 is 2.57 bits per heavy atom. The number of amides is 2. The Hall–Kier alpha value is -2.22. The molecule has 0 spiro atoms. The fraction of sp³-hybridized carbons (Fsp3) is 0.636. The van der Waals surface area contributed by atoms with Crippen LogP contribution in [0.15, 0.2) is 11.1 Å². The average molecular weight is 431 g/mol. The Kier molecular flexibility index (Phi) is 5.95. The van der Waals surface area contributed by atoms with Crippen LogP contribution in [-0.2, 0) is 11.3 Å². The molecule has 4 heterocycles. The highest BCUT2D eigenvalue weighted by Gasteiger charge is 2.28. The zero-order valence-corrected chi connectivity index (χ0v) is 18.8. The molecule has 2 amide bonds. The first kappa shape index (κ1) is 21.0. The molecule has 0 N–H and O–H groups in total. The molecule has 7 nitrogen and oxygen atoms in total. The number of aryl methyl sites for hydroxylation is 1. The molecule has 0 aromatic carbocycles. The van der Waals surface area contributed by atoms with Gasteiger partial charge in [-0.25, -0.2) is 4.98 Å². The summed E-state index contributed by atoms with van der Waals surface area (Å²) >= 11 is 1.29. The number of rotatable bonds is 3. The summed E-state index contributed by atoms with van der Waals surface area (Å²) in [6.07, 6.45) is 6.62. The summed E-state index contributed by atoms with van der Waals surface area (Å²) in [4.78, 5) is 48.3. The van der Waals surface area contributed by atoms with Crippen molar-refractivity contribution >= 4 is 33.4 Å². The van der Waals surface area contributed by atoms with Gasteiger partial charge in [0.15, 0.2) is 0 Å². The first-order valence-corrected chi connectivity index (χ1v) is 11.8. The smallest absolute Gasteiger partial charge is 0.264 e. The summed E-state index contributed by atoms with van der Waals surface area (Å²) < 4.78 is 1.39. The van der Waals surface area contributed by atoms with Crippen molar-refractivity contribution in [3.8, 4) is 0 Å². The molecular weight excluding hydrogens is 400 g/mol. The molecule has 2 aromatic rings. The minimum Gasteiger partial charge on any atom is -0.341 e. The molecule has 2 aromatic heterocycles. The van der Waals surface area contributed by atoms with Crippen LogP contribution in [0.3, 0.4) is 0 Å². The summed E-state index contributed by atoms with van der Waals surface area (Å²) in [5, 5.41) is 0.468. The molecule has 2 aliphatic heterocycles. The third-order valence-electron chi connectivity index (χ3n) is 6.62. The Labute approximate surface area is 180 Å². The van der Waals surface area contributed by atoms with Gasteiger partial charge in [0.05, 0.1) is 16.6 Å². The van der Waals surface area contributed by atoms with E-state index in [-0.39, 0.29) is 30.0 Å². The van der Waals surface area contributed by atoms with E-state index in [0.717, 1.165) is 51.7 Å². The van der Waals surface area contributed by atoms with Crippen LogP contribution in [0.1, 0.15) is 61.2 Å². The van der Waals surface area contributed by atoms with Crippen molar-refractivity contribution in [1.82, 2.24) is 19.4 Å². The highest BCUT2D eigenvalue weighted by Crippen LogP contribution is 2.30. The third-order valence-corrected chi connectivity index (χ3v) is 7.81. The number of carbonyl (C=O) groups is 2. The number of thiophene rings is 1. The van der Waals surface area contributed by atoms with E-state index in [1.54, 1.807) is 0 Å². The van der Waals surface area contributed by atoms with E-state index in [2.05, 4.69) is 18.8 Å². The van der Waals surface area contributed by atoms with E-state index in [4.69, 9.17) is 0 Å². The van der Waals surface area contributed by atoms with E-state index in [1.165, 1.54) is 22.2 Å². The van der Waals surface area contributed by atoms with E-state index >= 15 is 0 Å². The van der Waals surface area contributed by atoms with Crippen LogP contribution in [0.4, 0.5) is 0 Å². The number of nitrogens with zero attached hydrogens (tertiary/aromatic N) is 4. The van der Waals surface area contributed by atoms with E-state index in [9.17, 15) is 14.4 Å². The summed E-state index contributed by atoms with van der Waals surface area (Å²) in [7, 11) is 0. The second-order valence-electron chi connectivity index (χ2n) is 8.82. The van der Waals surface area contributed by atoms with Gasteiger partial charge >= 0.3 is 0 Å². The molecule has 1 unspecified atom stereocenters. The predicted molar refractivity (Wildman–Crippen MR) is 118 cm³/mol. The molecule has 1 atom stereocenters. The van der Waals surface area contributed by atoms with Crippen molar-refractivity contribution in [2.75, 3.05) is 19.6 Å². The van der Waals surface area contributed by atoms with Gasteiger partial charge in [-0.3, -0.25) is 19.0 Å². The van der Waals surface area contributed by atoms with E-state index in [0.29, 0.717) is 26.6 Å². The highest BCUT2D eigenvalue weighted by atomic mass is 32.1. The number of aromatic nitrogens is 2. The molecule has 2 aliphatic rings. The normalized spacial score (nSPS) is 20.7. The van der Waals surface area contributed by atoms with Crippen LogP contribution in [0.2, 0.25) is 0 Å². The molecule has 0 aliphatic carbocycles. The molecule has 2 saturated heterocycles. The second kappa shape index (κ2) is 8.49. The predicted octanol–water partition coefficient (Wildman–Crippen LogP) is 3.04. The number of hydrogen-bond acceptors (Lipinski definition) is 5. The lowest BCUT2D eigenvalue weighted by molar-refractivity contribution is -0.133. The maximum Gasteiger partial charge on any atom is 0.264 e. The second-order valence-corrected chi connectivity index (χ2v) is 9.82. The van der Waals surface area contributed by atoms with Gasteiger partial charge in [-0.1, -0.05) is 6.92 Å². The number of likely N-dealkylation sites (tertiary alicyclic amines) is 2. The zero-order valence-electron chi connectivity index (χ0n) is 18.0. The molecule has 4 rings (SSSR count). The number of hydrogen-bond donors (Lipinski definition) is 0. The SMILES string of the molecule is Cc1c(C(=O)N2CCCCC2C)sc2ncn(CC(=O)N3CCC(C)CC3)c(=O)c12. The topological polar surface area (TPSA) is 75.5 Å². The number of piperidine rings is 2. The van der Waals surface area contributed by atoms with Crippen molar-refractivity contribution < 1.29 is 9.59 Å². The summed E-state index contributed by atoms with van der Waals surface area (Å²) in [5.74, 6) is 0.588. The van der Waals surface area contributed by atoms with Crippen molar-refractivity contribution in [3.05, 3.63) is 27.1 Å². The molecule has 8 heteroatoms. The van der Waals surface area contributed by atoms with Crippen molar-refractivity contribution in [2.24, 2.45) is 5.92 Å². The standard InChI is InChI=1S/C22H30N4O3S/c1-14-7-10-24(11-8-14)17(27)12-25-13-23-20-18(21(25)28)16(3)19(30-20)22(29)26-9-5-4-6-15(26)2/h13-15H,4-12H2,1-3H3. The lowest BCUT2D eigenvalue weighted by Gasteiger charge is -2.33. The average Bonchev–Trinajstić information content (AvgIpc) is 3.07. The van der Waals surface area contributed by atoms with Gasteiger partial charge in [0.2, 0.25) is 5.91 Å². The number of carbonyl (C=O) groups excluding carboxylic acids is 2. The highest BCUT2D eigenvalue weighted by molar-refractivity contribution is 7.20. The Balaban J connectivity index is 1.60. The lowest BCUT2D eigenvalue weighted by atomic mass is 9.99. The lowest BCUT2D eigenvalue weighted by Crippen LogP contribution is -2.42. The third kappa shape index (κ3) is 3.89. The van der Waals surface area contributed by atoms with Gasteiger partial charge in [-0.15, -0.1) is 11.3 Å². The van der Waals surface area contributed by atoms with Gasteiger partial charge < -0.3 is 9.80 Å². The Morgan fingerprint density at radius 2 is 1.87 bits per heavy atom. The van der Waals surface area contributed by atoms with Crippen LogP contribution >= 0.6 is 11.3 Å². The van der Waals surface area contributed by atoms with Crippen LogP contribution in [0, 0.1) is 12.8 Å². The Morgan fingerprint density at radius 1 is 1.13 bits per heavy atom. The fourth-order valence-electron chi connectivity index (χ4n) is 4.51. The van der Waals surface area contributed by atoms with Gasteiger partial charge in [0, 0.05) is 25.7 Å². The molecule has 0 radical (unpaired) electrons. The number of fused-ring (bicyclic) bond motifs is 1. The van der Waals surface area contributed by atoms with Crippen LogP contribution < -0.4 is 5.56 Å². The summed E-state index contributed by atoms with van der Waals surface area (Å²) in [5.41, 5.74) is 0.446. The van der Waals surface area contributed by atoms with Crippen molar-refractivity contribution in [1.29, 1.82) is 0 Å². The quantitative estimate of drug-likeness (QED) is 0.750. The fourth-order valence-corrected chi connectivity index (χ4v) is 5.61. The zero-order chi connectivity index (χ0) is 21.4. The molecular formula is C22H30N4O3S. The molecule has 30 heavy (non-hydrogen) atoms. The first-order chi connectivity index (χ1) is 14.4. The van der Waals surface area contributed by atoms with Crippen molar-refractivity contribution in [3.63, 3.8) is 0 Å². The summed E-state index contributed by atoms with van der Waals surface area (Å²) in [6.45, 7) is 8.35. The maximum absolute atomic E-state index is 13.1. The maximum atomic E-state index is 13.1. The largest absolute Gasteiger partial charge is 0.341 e. The minimum absolute atomic E-state index is 0.00210. The van der Waals surface area contributed by atoms with E-state index < -0.39 is 0 Å². The first-order valence-electron chi connectivity index (χ1n) is 10.9. The molecule has 0 bridgehead atoms. The minimum atomic E-state index is -0.238. The van der Waals surface area contributed by atoms with Crippen LogP contribution in [0.5, 0.6) is 0 Å². The van der Waals surface area contributed by atoms with E-state index in [1.807, 2.05) is 16.7 Å². The van der Waals surface area contributed by atoms with Gasteiger partial charge in [-0.05, 0) is 57.4 Å². The Bertz CT molecular complexity index is 1020. The van der Waals surface area contributed by atoms with Gasteiger partial charge in [0.25, 0.3) is 11.5 Å². The molecule has 162 valence electrons. The van der Waals surface area contributed by atoms with Crippen LogP contribution in [0.25, 0.3) is 10.2 Å².